The highest BCUT2D eigenvalue weighted by Gasteiger charge is 2.40. The molecular formula is C14H20N6O2. The van der Waals surface area contributed by atoms with Crippen LogP contribution in [0, 0.1) is 11.3 Å². The SMILES string of the molecule is CC(C)(C)C(C(=O)O)C(Cc1ccc(N)nc1)c1nn[nH]n1. The summed E-state index contributed by atoms with van der Waals surface area (Å²) in [5, 5.41) is 23.6. The minimum absolute atomic E-state index is 0.388. The van der Waals surface area contributed by atoms with Crippen LogP contribution in [0.3, 0.4) is 0 Å². The number of nitrogens with zero attached hydrogens (tertiary/aromatic N) is 4. The van der Waals surface area contributed by atoms with Crippen LogP contribution in [0.5, 0.6) is 0 Å². The first-order chi connectivity index (χ1) is 10.3. The molecule has 0 aliphatic heterocycles. The molecule has 0 aliphatic rings. The lowest BCUT2D eigenvalue weighted by Gasteiger charge is -2.32. The number of aliphatic carboxylic acids is 1. The average molecular weight is 304 g/mol. The molecule has 0 fully saturated rings. The number of carbonyl (C=O) groups is 1. The van der Waals surface area contributed by atoms with Crippen LogP contribution in [0.25, 0.3) is 0 Å². The van der Waals surface area contributed by atoms with E-state index in [1.54, 1.807) is 12.3 Å². The molecule has 0 saturated heterocycles. The third-order valence-corrected chi connectivity index (χ3v) is 3.60. The lowest BCUT2D eigenvalue weighted by molar-refractivity contribution is -0.146. The third-order valence-electron chi connectivity index (χ3n) is 3.60. The summed E-state index contributed by atoms with van der Waals surface area (Å²) in [5.74, 6) is -1.15. The van der Waals surface area contributed by atoms with Crippen LogP contribution in [0.4, 0.5) is 5.82 Å². The number of rotatable bonds is 5. The minimum Gasteiger partial charge on any atom is -0.481 e. The molecular weight excluding hydrogens is 284 g/mol. The second-order valence-electron chi connectivity index (χ2n) is 6.35. The summed E-state index contributed by atoms with van der Waals surface area (Å²) >= 11 is 0. The quantitative estimate of drug-likeness (QED) is 0.757. The van der Waals surface area contributed by atoms with Gasteiger partial charge in [-0.2, -0.15) is 5.21 Å². The van der Waals surface area contributed by atoms with Crippen molar-refractivity contribution in [3.8, 4) is 0 Å². The van der Waals surface area contributed by atoms with E-state index in [-0.39, 0.29) is 0 Å². The minimum atomic E-state index is -0.884. The first kappa shape index (κ1) is 15.9. The van der Waals surface area contributed by atoms with Gasteiger partial charge in [0, 0.05) is 12.1 Å². The van der Waals surface area contributed by atoms with Crippen molar-refractivity contribution in [3.63, 3.8) is 0 Å². The number of hydrogen-bond acceptors (Lipinski definition) is 6. The Bertz CT molecular complexity index is 618. The van der Waals surface area contributed by atoms with Crippen molar-refractivity contribution in [2.24, 2.45) is 11.3 Å². The Morgan fingerprint density at radius 2 is 2.14 bits per heavy atom. The normalized spacial score (nSPS) is 14.5. The molecule has 4 N–H and O–H groups in total. The summed E-state index contributed by atoms with van der Waals surface area (Å²) in [7, 11) is 0. The standard InChI is InChI=1S/C14H20N6O2/c1-14(2,3)11(13(21)22)9(12-17-19-20-18-12)6-8-4-5-10(15)16-7-8/h4-5,7,9,11H,6H2,1-3H3,(H2,15,16)(H,21,22)(H,17,18,19,20). The molecule has 0 radical (unpaired) electrons. The van der Waals surface area contributed by atoms with Gasteiger partial charge in [-0.1, -0.05) is 32.1 Å². The number of tetrazole rings is 1. The molecule has 22 heavy (non-hydrogen) atoms. The average Bonchev–Trinajstić information content (AvgIpc) is 2.92. The van der Waals surface area contributed by atoms with Gasteiger partial charge in [0.05, 0.1) is 5.92 Å². The van der Waals surface area contributed by atoms with Gasteiger partial charge in [0.15, 0.2) is 5.82 Å². The Morgan fingerprint density at radius 1 is 1.41 bits per heavy atom. The number of nitrogens with one attached hydrogen (secondary N) is 1. The Kier molecular flexibility index (Phi) is 4.39. The molecule has 0 saturated carbocycles. The van der Waals surface area contributed by atoms with Crippen LogP contribution < -0.4 is 5.73 Å². The molecule has 8 heteroatoms. The Labute approximate surface area is 128 Å². The molecule has 2 aromatic rings. The van der Waals surface area contributed by atoms with Crippen LogP contribution in [-0.4, -0.2) is 36.7 Å². The van der Waals surface area contributed by atoms with Gasteiger partial charge in [0.25, 0.3) is 0 Å². The highest BCUT2D eigenvalue weighted by Crippen LogP contribution is 2.38. The largest absolute Gasteiger partial charge is 0.481 e. The molecule has 0 spiro atoms. The van der Waals surface area contributed by atoms with E-state index < -0.39 is 23.2 Å². The number of anilines is 1. The topological polar surface area (TPSA) is 131 Å². The van der Waals surface area contributed by atoms with Crippen LogP contribution in [-0.2, 0) is 11.2 Å². The fraction of sp³-hybridized carbons (Fsp3) is 0.500. The zero-order valence-electron chi connectivity index (χ0n) is 12.8. The highest BCUT2D eigenvalue weighted by atomic mass is 16.4. The van der Waals surface area contributed by atoms with Gasteiger partial charge in [-0.15, -0.1) is 10.2 Å². The first-order valence-electron chi connectivity index (χ1n) is 6.95. The molecule has 2 heterocycles. The van der Waals surface area contributed by atoms with E-state index in [2.05, 4.69) is 25.6 Å². The number of aromatic amines is 1. The smallest absolute Gasteiger partial charge is 0.307 e. The molecule has 8 nitrogen and oxygen atoms in total. The monoisotopic (exact) mass is 304 g/mol. The van der Waals surface area contributed by atoms with E-state index in [4.69, 9.17) is 5.73 Å². The third kappa shape index (κ3) is 3.57. The molecule has 2 rings (SSSR count). The van der Waals surface area contributed by atoms with Crippen molar-refractivity contribution in [1.29, 1.82) is 0 Å². The van der Waals surface area contributed by atoms with Crippen molar-refractivity contribution in [1.82, 2.24) is 25.6 Å². The Balaban J connectivity index is 2.38. The van der Waals surface area contributed by atoms with Crippen LogP contribution >= 0.6 is 0 Å². The van der Waals surface area contributed by atoms with Gasteiger partial charge in [-0.25, -0.2) is 4.98 Å². The molecule has 0 aromatic carbocycles. The van der Waals surface area contributed by atoms with Gasteiger partial charge in [0.2, 0.25) is 0 Å². The fourth-order valence-electron chi connectivity index (χ4n) is 2.64. The molecule has 0 aliphatic carbocycles. The summed E-state index contributed by atoms with van der Waals surface area (Å²) < 4.78 is 0. The predicted octanol–water partition coefficient (Wildman–Crippen LogP) is 1.25. The maximum Gasteiger partial charge on any atom is 0.307 e. The van der Waals surface area contributed by atoms with Crippen molar-refractivity contribution in [2.45, 2.75) is 33.1 Å². The Hall–Kier alpha value is -2.51. The summed E-state index contributed by atoms with van der Waals surface area (Å²) in [5.41, 5.74) is 6.00. The highest BCUT2D eigenvalue weighted by molar-refractivity contribution is 5.72. The number of H-pyrrole nitrogens is 1. The maximum absolute atomic E-state index is 11.8. The van der Waals surface area contributed by atoms with E-state index in [1.807, 2.05) is 26.8 Å². The molecule has 2 aromatic heterocycles. The van der Waals surface area contributed by atoms with Crippen molar-refractivity contribution < 1.29 is 9.90 Å². The Morgan fingerprint density at radius 3 is 2.59 bits per heavy atom. The molecule has 0 amide bonds. The zero-order chi connectivity index (χ0) is 16.3. The zero-order valence-corrected chi connectivity index (χ0v) is 12.8. The summed E-state index contributed by atoms with van der Waals surface area (Å²) in [6.07, 6.45) is 2.09. The van der Waals surface area contributed by atoms with E-state index in [1.165, 1.54) is 0 Å². The second kappa shape index (κ2) is 6.08. The van der Waals surface area contributed by atoms with Gasteiger partial charge >= 0.3 is 5.97 Å². The molecule has 0 bridgehead atoms. The van der Waals surface area contributed by atoms with Crippen molar-refractivity contribution >= 4 is 11.8 Å². The van der Waals surface area contributed by atoms with Gasteiger partial charge in [0.1, 0.15) is 5.82 Å². The molecule has 118 valence electrons. The number of aromatic nitrogens is 5. The van der Waals surface area contributed by atoms with Crippen molar-refractivity contribution in [2.75, 3.05) is 5.73 Å². The first-order valence-corrected chi connectivity index (χ1v) is 6.95. The lowest BCUT2D eigenvalue weighted by Crippen LogP contribution is -2.35. The number of carboxylic acid groups (broad SMARTS) is 1. The lowest BCUT2D eigenvalue weighted by atomic mass is 9.71. The number of hydrogen-bond donors (Lipinski definition) is 3. The van der Waals surface area contributed by atoms with Gasteiger partial charge < -0.3 is 10.8 Å². The second-order valence-corrected chi connectivity index (χ2v) is 6.35. The van der Waals surface area contributed by atoms with Crippen LogP contribution in [0.2, 0.25) is 0 Å². The summed E-state index contributed by atoms with van der Waals surface area (Å²) in [6.45, 7) is 5.67. The number of nitrogen functional groups attached to an aromatic ring is 1. The van der Waals surface area contributed by atoms with E-state index >= 15 is 0 Å². The number of nitrogens with two attached hydrogens (primary N) is 1. The fourth-order valence-corrected chi connectivity index (χ4v) is 2.64. The van der Waals surface area contributed by atoms with Crippen LogP contribution in [0.1, 0.15) is 38.1 Å². The van der Waals surface area contributed by atoms with E-state index in [0.717, 1.165) is 5.56 Å². The predicted molar refractivity (Wildman–Crippen MR) is 79.9 cm³/mol. The van der Waals surface area contributed by atoms with Gasteiger partial charge in [-0.05, 0) is 23.5 Å². The molecule has 2 atom stereocenters. The van der Waals surface area contributed by atoms with Gasteiger partial charge in [-0.3, -0.25) is 4.79 Å². The number of pyridine rings is 1. The van der Waals surface area contributed by atoms with E-state index in [0.29, 0.717) is 18.1 Å². The van der Waals surface area contributed by atoms with E-state index in [9.17, 15) is 9.90 Å². The maximum atomic E-state index is 11.8. The van der Waals surface area contributed by atoms with Crippen LogP contribution in [0.15, 0.2) is 18.3 Å². The summed E-state index contributed by atoms with van der Waals surface area (Å²) in [6, 6.07) is 3.52. The number of carboxylic acids is 1. The van der Waals surface area contributed by atoms with Crippen molar-refractivity contribution in [3.05, 3.63) is 29.7 Å². The summed E-state index contributed by atoms with van der Waals surface area (Å²) in [4.78, 5) is 15.9. The molecule has 2 unspecified atom stereocenters.